The number of rotatable bonds is 5. The zero-order valence-electron chi connectivity index (χ0n) is 12.3. The number of carbonyl (C=O) groups is 1. The molecule has 0 bridgehead atoms. The van der Waals surface area contributed by atoms with Gasteiger partial charge in [0, 0.05) is 5.56 Å². The van der Waals surface area contributed by atoms with E-state index in [-0.39, 0.29) is 0 Å². The largest absolute Gasteiger partial charge is 0.493 e. The van der Waals surface area contributed by atoms with E-state index in [1.807, 2.05) is 13.8 Å². The van der Waals surface area contributed by atoms with Crippen LogP contribution < -0.4 is 9.47 Å². The Labute approximate surface area is 129 Å². The van der Waals surface area contributed by atoms with E-state index in [2.05, 4.69) is 18.2 Å². The fraction of sp³-hybridized carbons (Fsp3) is 0.235. The quantitative estimate of drug-likeness (QED) is 0.770. The molecule has 0 saturated carbocycles. The van der Waals surface area contributed by atoms with Crippen LogP contribution in [0.3, 0.4) is 0 Å². The van der Waals surface area contributed by atoms with Crippen LogP contribution in [0.25, 0.3) is 0 Å². The van der Waals surface area contributed by atoms with Crippen LogP contribution >= 0.6 is 11.6 Å². The highest BCUT2D eigenvalue weighted by molar-refractivity contribution is 6.32. The summed E-state index contributed by atoms with van der Waals surface area (Å²) in [5, 5.41) is 0.363. The first-order chi connectivity index (χ1) is 10.0. The summed E-state index contributed by atoms with van der Waals surface area (Å²) in [6, 6.07) is 9.37. The maximum absolute atomic E-state index is 10.8. The van der Waals surface area contributed by atoms with E-state index < -0.39 is 0 Å². The van der Waals surface area contributed by atoms with E-state index in [9.17, 15) is 4.79 Å². The van der Waals surface area contributed by atoms with Crippen LogP contribution in [0.1, 0.15) is 27.0 Å². The summed E-state index contributed by atoms with van der Waals surface area (Å²) in [6.45, 7) is 4.46. The molecule has 0 aliphatic heterocycles. The minimum Gasteiger partial charge on any atom is -0.493 e. The maximum Gasteiger partial charge on any atom is 0.180 e. The summed E-state index contributed by atoms with van der Waals surface area (Å²) >= 11 is 6.17. The Morgan fingerprint density at radius 2 is 1.95 bits per heavy atom. The molecule has 0 saturated heterocycles. The van der Waals surface area contributed by atoms with Gasteiger partial charge in [0.2, 0.25) is 0 Å². The molecule has 2 rings (SSSR count). The van der Waals surface area contributed by atoms with Crippen LogP contribution in [-0.4, -0.2) is 13.4 Å². The van der Waals surface area contributed by atoms with Crippen LogP contribution in [-0.2, 0) is 6.61 Å². The number of benzene rings is 2. The van der Waals surface area contributed by atoms with Gasteiger partial charge >= 0.3 is 0 Å². The maximum atomic E-state index is 10.8. The van der Waals surface area contributed by atoms with E-state index in [0.29, 0.717) is 28.7 Å². The molecule has 0 unspecified atom stereocenters. The lowest BCUT2D eigenvalue weighted by molar-refractivity contribution is 0.112. The second-order valence-electron chi connectivity index (χ2n) is 4.87. The van der Waals surface area contributed by atoms with E-state index in [1.165, 1.54) is 12.7 Å². The van der Waals surface area contributed by atoms with Crippen molar-refractivity contribution in [2.24, 2.45) is 0 Å². The van der Waals surface area contributed by atoms with Crippen LogP contribution in [0.4, 0.5) is 0 Å². The first-order valence-corrected chi connectivity index (χ1v) is 6.94. The molecule has 0 spiro atoms. The van der Waals surface area contributed by atoms with Gasteiger partial charge in [-0.3, -0.25) is 4.79 Å². The number of aryl methyl sites for hydroxylation is 2. The lowest BCUT2D eigenvalue weighted by atomic mass is 10.1. The van der Waals surface area contributed by atoms with Crippen molar-refractivity contribution in [2.75, 3.05) is 7.11 Å². The van der Waals surface area contributed by atoms with E-state index in [0.717, 1.165) is 17.4 Å². The van der Waals surface area contributed by atoms with Gasteiger partial charge in [0.05, 0.1) is 12.1 Å². The summed E-state index contributed by atoms with van der Waals surface area (Å²) in [4.78, 5) is 10.8. The highest BCUT2D eigenvalue weighted by atomic mass is 35.5. The van der Waals surface area contributed by atoms with Crippen molar-refractivity contribution in [1.29, 1.82) is 0 Å². The van der Waals surface area contributed by atoms with Gasteiger partial charge < -0.3 is 9.47 Å². The minimum atomic E-state index is 0.363. The predicted octanol–water partition coefficient (Wildman–Crippen LogP) is 4.36. The molecule has 0 aromatic heterocycles. The normalized spacial score (nSPS) is 10.3. The molecule has 4 heteroatoms. The molecule has 0 N–H and O–H groups in total. The summed E-state index contributed by atoms with van der Waals surface area (Å²) < 4.78 is 11.1. The third-order valence-corrected chi connectivity index (χ3v) is 3.55. The third kappa shape index (κ3) is 3.56. The second-order valence-corrected chi connectivity index (χ2v) is 5.28. The van der Waals surface area contributed by atoms with Gasteiger partial charge in [-0.05, 0) is 37.1 Å². The van der Waals surface area contributed by atoms with Gasteiger partial charge in [-0.2, -0.15) is 0 Å². The molecule has 0 aliphatic carbocycles. The van der Waals surface area contributed by atoms with Crippen LogP contribution in [0.5, 0.6) is 11.5 Å². The molecule has 21 heavy (non-hydrogen) atoms. The Morgan fingerprint density at radius 1 is 1.19 bits per heavy atom. The lowest BCUT2D eigenvalue weighted by Crippen LogP contribution is -2.01. The molecule has 2 aromatic rings. The molecule has 0 heterocycles. The van der Waals surface area contributed by atoms with Crippen molar-refractivity contribution >= 4 is 17.9 Å². The SMILES string of the molecule is COc1cc(C=O)cc(Cl)c1OCc1cc(C)ccc1C. The number of hydrogen-bond acceptors (Lipinski definition) is 3. The van der Waals surface area contributed by atoms with Crippen molar-refractivity contribution in [2.45, 2.75) is 20.5 Å². The molecule has 0 atom stereocenters. The average Bonchev–Trinajstić information content (AvgIpc) is 2.48. The predicted molar refractivity (Wildman–Crippen MR) is 83.6 cm³/mol. The number of methoxy groups -OCH3 is 1. The Hall–Kier alpha value is -2.00. The van der Waals surface area contributed by atoms with Crippen LogP contribution in [0.2, 0.25) is 5.02 Å². The summed E-state index contributed by atoms with van der Waals surface area (Å²) in [5.41, 5.74) is 3.87. The Bertz CT molecular complexity index is 665. The Morgan fingerprint density at radius 3 is 2.62 bits per heavy atom. The molecule has 2 aromatic carbocycles. The van der Waals surface area contributed by atoms with Gasteiger partial charge in [0.15, 0.2) is 11.5 Å². The Balaban J connectivity index is 2.27. The molecular formula is C17H17ClO3. The van der Waals surface area contributed by atoms with Gasteiger partial charge in [-0.15, -0.1) is 0 Å². The number of ether oxygens (including phenoxy) is 2. The molecule has 3 nitrogen and oxygen atoms in total. The monoisotopic (exact) mass is 304 g/mol. The number of hydrogen-bond donors (Lipinski definition) is 0. The van der Waals surface area contributed by atoms with Gasteiger partial charge in [-0.1, -0.05) is 35.4 Å². The zero-order chi connectivity index (χ0) is 15.4. The van der Waals surface area contributed by atoms with E-state index in [1.54, 1.807) is 12.1 Å². The van der Waals surface area contributed by atoms with Crippen molar-refractivity contribution in [3.63, 3.8) is 0 Å². The first-order valence-electron chi connectivity index (χ1n) is 6.56. The molecule has 0 aliphatic rings. The van der Waals surface area contributed by atoms with Crippen LogP contribution in [0, 0.1) is 13.8 Å². The molecule has 110 valence electrons. The molecule has 0 fully saturated rings. The topological polar surface area (TPSA) is 35.5 Å². The van der Waals surface area contributed by atoms with Gasteiger partial charge in [0.25, 0.3) is 0 Å². The van der Waals surface area contributed by atoms with E-state index in [4.69, 9.17) is 21.1 Å². The molecular weight excluding hydrogens is 288 g/mol. The average molecular weight is 305 g/mol. The third-order valence-electron chi connectivity index (χ3n) is 3.26. The number of carbonyl (C=O) groups excluding carboxylic acids is 1. The van der Waals surface area contributed by atoms with Crippen molar-refractivity contribution in [3.8, 4) is 11.5 Å². The standard InChI is InChI=1S/C17H17ClO3/c1-11-4-5-12(2)14(6-11)10-21-17-15(18)7-13(9-19)8-16(17)20-3/h4-9H,10H2,1-3H3. The number of halogens is 1. The van der Waals surface area contributed by atoms with Crippen molar-refractivity contribution < 1.29 is 14.3 Å². The summed E-state index contributed by atoms with van der Waals surface area (Å²) in [6.07, 6.45) is 0.725. The fourth-order valence-corrected chi connectivity index (χ4v) is 2.33. The molecule has 0 amide bonds. The van der Waals surface area contributed by atoms with Crippen LogP contribution in [0.15, 0.2) is 30.3 Å². The second kappa shape index (κ2) is 6.64. The first kappa shape index (κ1) is 15.4. The lowest BCUT2D eigenvalue weighted by Gasteiger charge is -2.14. The highest BCUT2D eigenvalue weighted by Crippen LogP contribution is 2.36. The van der Waals surface area contributed by atoms with Crippen molar-refractivity contribution in [3.05, 3.63) is 57.6 Å². The molecule has 0 radical (unpaired) electrons. The highest BCUT2D eigenvalue weighted by Gasteiger charge is 2.12. The summed E-state index contributed by atoms with van der Waals surface area (Å²) in [5.74, 6) is 0.903. The van der Waals surface area contributed by atoms with Gasteiger partial charge in [-0.25, -0.2) is 0 Å². The summed E-state index contributed by atoms with van der Waals surface area (Å²) in [7, 11) is 1.52. The van der Waals surface area contributed by atoms with Gasteiger partial charge in [0.1, 0.15) is 12.9 Å². The van der Waals surface area contributed by atoms with E-state index >= 15 is 0 Å². The fourth-order valence-electron chi connectivity index (χ4n) is 2.05. The Kier molecular flexibility index (Phi) is 4.86. The zero-order valence-corrected chi connectivity index (χ0v) is 13.0. The smallest absolute Gasteiger partial charge is 0.180 e. The minimum absolute atomic E-state index is 0.363. The van der Waals surface area contributed by atoms with Crippen molar-refractivity contribution in [1.82, 2.24) is 0 Å². The number of aldehydes is 1.